The van der Waals surface area contributed by atoms with Gasteiger partial charge in [0.2, 0.25) is 5.91 Å². The largest absolute Gasteiger partial charge is 0.368 e. The molecule has 0 fully saturated rings. The maximum absolute atomic E-state index is 12.5. The minimum atomic E-state index is -3.82. The zero-order valence-corrected chi connectivity index (χ0v) is 16.0. The van der Waals surface area contributed by atoms with E-state index in [-0.39, 0.29) is 10.5 Å². The first-order valence-corrected chi connectivity index (χ1v) is 10.0. The summed E-state index contributed by atoms with van der Waals surface area (Å²) in [5, 5.41) is 2.56. The highest BCUT2D eigenvalue weighted by Gasteiger charge is 2.21. The predicted molar refractivity (Wildman–Crippen MR) is 107 cm³/mol. The van der Waals surface area contributed by atoms with Crippen molar-refractivity contribution in [3.05, 3.63) is 90.3 Å². The molecule has 1 unspecified atom stereocenters. The minimum absolute atomic E-state index is 0.0135. The van der Waals surface area contributed by atoms with E-state index in [9.17, 15) is 18.0 Å². The quantitative estimate of drug-likeness (QED) is 0.547. The average molecular weight is 410 g/mol. The molecule has 29 heavy (non-hydrogen) atoms. The van der Waals surface area contributed by atoms with Crippen molar-refractivity contribution < 1.29 is 18.0 Å². The Hall–Kier alpha value is -3.72. The summed E-state index contributed by atoms with van der Waals surface area (Å²) >= 11 is 0. The van der Waals surface area contributed by atoms with Gasteiger partial charge in [-0.3, -0.25) is 19.3 Å². The molecule has 0 bridgehead atoms. The Kier molecular flexibility index (Phi) is 5.89. The van der Waals surface area contributed by atoms with Crippen LogP contribution in [0.3, 0.4) is 0 Å². The van der Waals surface area contributed by atoms with Crippen molar-refractivity contribution in [2.45, 2.75) is 10.9 Å². The third-order valence-corrected chi connectivity index (χ3v) is 5.45. The molecule has 4 N–H and O–H groups in total. The molecule has 0 radical (unpaired) electrons. The number of rotatable bonds is 7. The molecule has 0 aliphatic heterocycles. The van der Waals surface area contributed by atoms with Crippen LogP contribution in [0, 0.1) is 0 Å². The van der Waals surface area contributed by atoms with E-state index < -0.39 is 27.9 Å². The van der Waals surface area contributed by atoms with Crippen molar-refractivity contribution in [1.29, 1.82) is 0 Å². The molecule has 2 aromatic carbocycles. The first-order valence-electron chi connectivity index (χ1n) is 8.55. The number of anilines is 1. The van der Waals surface area contributed by atoms with Crippen molar-refractivity contribution in [2.75, 3.05) is 4.72 Å². The molecule has 3 rings (SSSR count). The maximum Gasteiger partial charge on any atom is 0.261 e. The van der Waals surface area contributed by atoms with Crippen molar-refractivity contribution >= 4 is 27.5 Å². The number of carbonyl (C=O) groups excluding carboxylic acids is 2. The number of sulfonamides is 1. The fourth-order valence-corrected chi connectivity index (χ4v) is 3.66. The Bertz CT molecular complexity index is 1100. The van der Waals surface area contributed by atoms with Gasteiger partial charge in [-0.05, 0) is 42.0 Å². The molecule has 0 aliphatic rings. The molecular weight excluding hydrogens is 392 g/mol. The molecule has 1 aromatic heterocycles. The van der Waals surface area contributed by atoms with E-state index in [1.165, 1.54) is 48.8 Å². The Morgan fingerprint density at radius 3 is 2.10 bits per heavy atom. The lowest BCUT2D eigenvalue weighted by atomic mass is 10.1. The second-order valence-corrected chi connectivity index (χ2v) is 7.77. The zero-order valence-electron chi connectivity index (χ0n) is 15.1. The Morgan fingerprint density at radius 2 is 1.52 bits per heavy atom. The highest BCUT2D eigenvalue weighted by atomic mass is 32.2. The fourth-order valence-electron chi connectivity index (χ4n) is 2.60. The Labute approximate surface area is 167 Å². The monoisotopic (exact) mass is 410 g/mol. The lowest BCUT2D eigenvalue weighted by molar-refractivity contribution is -0.120. The average Bonchev–Trinajstić information content (AvgIpc) is 2.73. The van der Waals surface area contributed by atoms with Gasteiger partial charge in [0.1, 0.15) is 6.04 Å². The topological polar surface area (TPSA) is 131 Å². The van der Waals surface area contributed by atoms with E-state index >= 15 is 0 Å². The molecule has 1 atom stereocenters. The van der Waals surface area contributed by atoms with E-state index in [1.807, 2.05) is 0 Å². The predicted octanol–water partition coefficient (Wildman–Crippen LogP) is 1.84. The number of amides is 2. The summed E-state index contributed by atoms with van der Waals surface area (Å²) in [6.07, 6.45) is 2.93. The van der Waals surface area contributed by atoms with Crippen LogP contribution in [0.4, 0.5) is 5.69 Å². The van der Waals surface area contributed by atoms with E-state index in [1.54, 1.807) is 30.3 Å². The van der Waals surface area contributed by atoms with Gasteiger partial charge < -0.3 is 11.1 Å². The zero-order chi connectivity index (χ0) is 20.9. The molecule has 8 nitrogen and oxygen atoms in total. The van der Waals surface area contributed by atoms with Crippen LogP contribution in [-0.4, -0.2) is 25.2 Å². The summed E-state index contributed by atoms with van der Waals surface area (Å²) in [5.41, 5.74) is 6.51. The van der Waals surface area contributed by atoms with Crippen molar-refractivity contribution in [2.24, 2.45) is 5.73 Å². The van der Waals surface area contributed by atoms with Crippen LogP contribution >= 0.6 is 0 Å². The number of nitrogens with one attached hydrogen (secondary N) is 2. The van der Waals surface area contributed by atoms with Gasteiger partial charge in [-0.25, -0.2) is 8.42 Å². The van der Waals surface area contributed by atoms with Crippen LogP contribution in [0.1, 0.15) is 22.0 Å². The first kappa shape index (κ1) is 20.0. The maximum atomic E-state index is 12.5. The lowest BCUT2D eigenvalue weighted by Gasteiger charge is -2.16. The highest BCUT2D eigenvalue weighted by Crippen LogP contribution is 2.17. The minimum Gasteiger partial charge on any atom is -0.368 e. The Morgan fingerprint density at radius 1 is 0.897 bits per heavy atom. The number of hydrogen-bond donors (Lipinski definition) is 3. The summed E-state index contributed by atoms with van der Waals surface area (Å²) in [7, 11) is -3.82. The highest BCUT2D eigenvalue weighted by molar-refractivity contribution is 7.92. The number of primary amides is 1. The van der Waals surface area contributed by atoms with Gasteiger partial charge in [0.25, 0.3) is 15.9 Å². The second kappa shape index (κ2) is 8.53. The molecule has 2 amide bonds. The molecule has 148 valence electrons. The van der Waals surface area contributed by atoms with Crippen LogP contribution in [-0.2, 0) is 14.8 Å². The number of nitrogens with zero attached hydrogens (tertiary/aromatic N) is 1. The van der Waals surface area contributed by atoms with Crippen molar-refractivity contribution in [1.82, 2.24) is 10.3 Å². The van der Waals surface area contributed by atoms with E-state index in [4.69, 9.17) is 5.73 Å². The number of carbonyl (C=O) groups is 2. The van der Waals surface area contributed by atoms with Crippen LogP contribution in [0.2, 0.25) is 0 Å². The summed E-state index contributed by atoms with van der Waals surface area (Å²) in [4.78, 5) is 28.0. The van der Waals surface area contributed by atoms with Crippen molar-refractivity contribution in [3.8, 4) is 0 Å². The van der Waals surface area contributed by atoms with E-state index in [0.29, 0.717) is 11.3 Å². The molecule has 0 saturated heterocycles. The van der Waals surface area contributed by atoms with Gasteiger partial charge in [-0.15, -0.1) is 0 Å². The number of nitrogens with two attached hydrogens (primary N) is 1. The van der Waals surface area contributed by atoms with Gasteiger partial charge in [0.15, 0.2) is 0 Å². The smallest absolute Gasteiger partial charge is 0.261 e. The van der Waals surface area contributed by atoms with Gasteiger partial charge in [0, 0.05) is 18.0 Å². The molecule has 9 heteroatoms. The van der Waals surface area contributed by atoms with Crippen LogP contribution in [0.15, 0.2) is 84.0 Å². The van der Waals surface area contributed by atoms with E-state index in [0.717, 1.165) is 0 Å². The molecule has 0 spiro atoms. The van der Waals surface area contributed by atoms with Crippen LogP contribution in [0.5, 0.6) is 0 Å². The Balaban J connectivity index is 1.75. The third kappa shape index (κ3) is 4.96. The van der Waals surface area contributed by atoms with Gasteiger partial charge in [0.05, 0.1) is 10.6 Å². The summed E-state index contributed by atoms with van der Waals surface area (Å²) in [6.45, 7) is 0. The summed E-state index contributed by atoms with van der Waals surface area (Å²) in [5.74, 6) is -1.26. The lowest BCUT2D eigenvalue weighted by Crippen LogP contribution is -2.37. The third-order valence-electron chi connectivity index (χ3n) is 4.05. The number of hydrogen-bond acceptors (Lipinski definition) is 5. The number of pyridine rings is 1. The van der Waals surface area contributed by atoms with E-state index in [2.05, 4.69) is 15.0 Å². The van der Waals surface area contributed by atoms with Crippen LogP contribution < -0.4 is 15.8 Å². The standard InChI is InChI=1S/C20H18N4O4S/c21-19(25)18(14-4-2-1-3-5-14)23-20(26)15-6-8-17(9-7-15)29(27,28)24-16-10-12-22-13-11-16/h1-13,18H,(H2,21,25)(H,22,24)(H,23,26). The van der Waals surface area contributed by atoms with Crippen LogP contribution in [0.25, 0.3) is 0 Å². The molecule has 1 heterocycles. The summed E-state index contributed by atoms with van der Waals surface area (Å²) in [6, 6.07) is 16.0. The molecule has 3 aromatic rings. The second-order valence-electron chi connectivity index (χ2n) is 6.09. The molecule has 0 saturated carbocycles. The van der Waals surface area contributed by atoms with Gasteiger partial charge in [-0.2, -0.15) is 0 Å². The van der Waals surface area contributed by atoms with Gasteiger partial charge >= 0.3 is 0 Å². The molecule has 0 aliphatic carbocycles. The summed E-state index contributed by atoms with van der Waals surface area (Å²) < 4.78 is 27.3. The van der Waals surface area contributed by atoms with Crippen molar-refractivity contribution in [3.63, 3.8) is 0 Å². The molecular formula is C20H18N4O4S. The SMILES string of the molecule is NC(=O)C(NC(=O)c1ccc(S(=O)(=O)Nc2ccncc2)cc1)c1ccccc1. The normalized spacial score (nSPS) is 12.0. The van der Waals surface area contributed by atoms with Gasteiger partial charge in [-0.1, -0.05) is 30.3 Å². The number of benzene rings is 2. The number of aromatic nitrogens is 1. The fraction of sp³-hybridized carbons (Fsp3) is 0.0500. The first-order chi connectivity index (χ1) is 13.9.